The van der Waals surface area contributed by atoms with Crippen LogP contribution in [0.4, 0.5) is 0 Å². The molecule has 0 fully saturated rings. The summed E-state index contributed by atoms with van der Waals surface area (Å²) in [5, 5.41) is 1.34. The minimum absolute atomic E-state index is 0.0918. The number of fused-ring (bicyclic) bond motifs is 1. The van der Waals surface area contributed by atoms with Gasteiger partial charge in [0, 0.05) is 10.5 Å². The van der Waals surface area contributed by atoms with Crippen molar-refractivity contribution in [1.29, 1.82) is 0 Å². The van der Waals surface area contributed by atoms with E-state index in [9.17, 15) is 9.59 Å². The van der Waals surface area contributed by atoms with Gasteiger partial charge in [-0.3, -0.25) is 4.79 Å². The molecule has 0 unspecified atom stereocenters. The van der Waals surface area contributed by atoms with Crippen molar-refractivity contribution in [3.8, 4) is 0 Å². The number of nitrogens with one attached hydrogen (secondary N) is 1. The number of para-hydroxylation sites is 1. The second kappa shape index (κ2) is 6.03. The molecule has 110 valence electrons. The largest absolute Gasteiger partial charge is 0.457 e. The van der Waals surface area contributed by atoms with Gasteiger partial charge in [-0.1, -0.05) is 35.9 Å². The van der Waals surface area contributed by atoms with Crippen LogP contribution in [0, 0.1) is 0 Å². The standard InChI is InChI=1S/C17H12ClNO3/c18-14-6-3-5-12(9-14)17(21)22-10-13-8-11-4-1-2-7-15(11)19-16(13)20/h1-9H,10H2,(H,19,20). The molecule has 0 amide bonds. The fourth-order valence-electron chi connectivity index (χ4n) is 2.14. The van der Waals surface area contributed by atoms with Gasteiger partial charge in [0.1, 0.15) is 6.61 Å². The minimum atomic E-state index is -0.518. The molecule has 0 spiro atoms. The van der Waals surface area contributed by atoms with Gasteiger partial charge < -0.3 is 9.72 Å². The van der Waals surface area contributed by atoms with Crippen LogP contribution < -0.4 is 5.56 Å². The molecule has 5 heteroatoms. The number of H-pyrrole nitrogens is 1. The van der Waals surface area contributed by atoms with Crippen molar-refractivity contribution >= 4 is 28.5 Å². The molecule has 3 rings (SSSR count). The molecule has 3 aromatic rings. The monoisotopic (exact) mass is 313 g/mol. The molecular formula is C17H12ClNO3. The van der Waals surface area contributed by atoms with Crippen molar-refractivity contribution in [2.45, 2.75) is 6.61 Å². The molecule has 0 saturated heterocycles. The van der Waals surface area contributed by atoms with E-state index in [1.165, 1.54) is 6.07 Å². The Balaban J connectivity index is 1.80. The number of hydrogen-bond acceptors (Lipinski definition) is 3. The fraction of sp³-hybridized carbons (Fsp3) is 0.0588. The van der Waals surface area contributed by atoms with Gasteiger partial charge in [0.2, 0.25) is 0 Å². The summed E-state index contributed by atoms with van der Waals surface area (Å²) in [6.07, 6.45) is 0. The quantitative estimate of drug-likeness (QED) is 0.752. The Kier molecular flexibility index (Phi) is 3.94. The summed E-state index contributed by atoms with van der Waals surface area (Å²) in [5.41, 5.74) is 1.23. The van der Waals surface area contributed by atoms with E-state index in [0.29, 0.717) is 16.1 Å². The first-order valence-electron chi connectivity index (χ1n) is 6.67. The number of ether oxygens (including phenoxy) is 1. The number of aromatic nitrogens is 1. The number of carbonyl (C=O) groups is 1. The maximum absolute atomic E-state index is 12.0. The van der Waals surface area contributed by atoms with Gasteiger partial charge in [0.25, 0.3) is 5.56 Å². The van der Waals surface area contributed by atoms with E-state index in [1.54, 1.807) is 24.3 Å². The highest BCUT2D eigenvalue weighted by molar-refractivity contribution is 6.30. The molecule has 0 aliphatic rings. The molecule has 22 heavy (non-hydrogen) atoms. The van der Waals surface area contributed by atoms with Crippen LogP contribution in [0.2, 0.25) is 5.02 Å². The average Bonchev–Trinajstić information content (AvgIpc) is 2.52. The lowest BCUT2D eigenvalue weighted by Crippen LogP contribution is -2.15. The zero-order valence-corrected chi connectivity index (χ0v) is 12.3. The fourth-order valence-corrected chi connectivity index (χ4v) is 2.33. The van der Waals surface area contributed by atoms with E-state index in [4.69, 9.17) is 16.3 Å². The summed E-state index contributed by atoms with van der Waals surface area (Å²) < 4.78 is 5.18. The third kappa shape index (κ3) is 3.02. The molecule has 4 nitrogen and oxygen atoms in total. The van der Waals surface area contributed by atoms with Crippen molar-refractivity contribution in [1.82, 2.24) is 4.98 Å². The lowest BCUT2D eigenvalue weighted by atomic mass is 10.1. The van der Waals surface area contributed by atoms with E-state index in [2.05, 4.69) is 4.98 Å². The number of pyridine rings is 1. The number of esters is 1. The van der Waals surface area contributed by atoms with Gasteiger partial charge in [0.15, 0.2) is 0 Å². The van der Waals surface area contributed by atoms with Crippen LogP contribution in [0.15, 0.2) is 59.4 Å². The van der Waals surface area contributed by atoms with E-state index in [1.807, 2.05) is 24.3 Å². The molecule has 0 bridgehead atoms. The molecule has 2 aromatic carbocycles. The molecule has 0 aliphatic carbocycles. The maximum Gasteiger partial charge on any atom is 0.338 e. The number of benzene rings is 2. The minimum Gasteiger partial charge on any atom is -0.457 e. The van der Waals surface area contributed by atoms with Gasteiger partial charge >= 0.3 is 5.97 Å². The Morgan fingerprint density at radius 1 is 1.09 bits per heavy atom. The van der Waals surface area contributed by atoms with E-state index < -0.39 is 5.97 Å². The van der Waals surface area contributed by atoms with Crippen LogP contribution in [0.5, 0.6) is 0 Å². The second-order valence-electron chi connectivity index (χ2n) is 4.80. The van der Waals surface area contributed by atoms with Gasteiger partial charge in [-0.15, -0.1) is 0 Å². The lowest BCUT2D eigenvalue weighted by molar-refractivity contribution is 0.0471. The highest BCUT2D eigenvalue weighted by Gasteiger charge is 2.10. The van der Waals surface area contributed by atoms with Crippen LogP contribution in [-0.4, -0.2) is 11.0 Å². The Labute approximate surface area is 131 Å². The number of rotatable bonds is 3. The van der Waals surface area contributed by atoms with Crippen LogP contribution in [0.3, 0.4) is 0 Å². The van der Waals surface area contributed by atoms with Crippen molar-refractivity contribution < 1.29 is 9.53 Å². The lowest BCUT2D eigenvalue weighted by Gasteiger charge is -2.06. The summed E-state index contributed by atoms with van der Waals surface area (Å²) in [6.45, 7) is -0.0918. The van der Waals surface area contributed by atoms with Crippen LogP contribution in [0.25, 0.3) is 10.9 Å². The predicted molar refractivity (Wildman–Crippen MR) is 85.1 cm³/mol. The van der Waals surface area contributed by atoms with Gasteiger partial charge in [-0.2, -0.15) is 0 Å². The Bertz CT molecular complexity index is 902. The first-order chi connectivity index (χ1) is 10.6. The van der Waals surface area contributed by atoms with Crippen LogP contribution >= 0.6 is 11.6 Å². The third-order valence-corrected chi connectivity index (χ3v) is 3.48. The van der Waals surface area contributed by atoms with Crippen LogP contribution in [-0.2, 0) is 11.3 Å². The maximum atomic E-state index is 12.0. The molecule has 1 N–H and O–H groups in total. The second-order valence-corrected chi connectivity index (χ2v) is 5.23. The molecule has 0 radical (unpaired) electrons. The van der Waals surface area contributed by atoms with Gasteiger partial charge in [-0.05, 0) is 35.7 Å². The van der Waals surface area contributed by atoms with Crippen molar-refractivity contribution in [2.75, 3.05) is 0 Å². The third-order valence-electron chi connectivity index (χ3n) is 3.25. The van der Waals surface area contributed by atoms with E-state index in [-0.39, 0.29) is 12.2 Å². The number of halogens is 1. The number of carbonyl (C=O) groups excluding carboxylic acids is 1. The van der Waals surface area contributed by atoms with Crippen molar-refractivity contribution in [3.05, 3.63) is 81.1 Å². The summed E-state index contributed by atoms with van der Waals surface area (Å²) in [5.74, 6) is -0.518. The Hall–Kier alpha value is -2.59. The molecule has 0 aliphatic heterocycles. The van der Waals surface area contributed by atoms with Crippen molar-refractivity contribution in [3.63, 3.8) is 0 Å². The SMILES string of the molecule is O=C(OCc1cc2ccccc2[nH]c1=O)c1cccc(Cl)c1. The molecule has 0 saturated carbocycles. The van der Waals surface area contributed by atoms with E-state index in [0.717, 1.165) is 10.9 Å². The van der Waals surface area contributed by atoms with Gasteiger partial charge in [0.05, 0.1) is 11.1 Å². The summed E-state index contributed by atoms with van der Waals surface area (Å²) in [7, 11) is 0. The van der Waals surface area contributed by atoms with Gasteiger partial charge in [-0.25, -0.2) is 4.79 Å². The first kappa shape index (κ1) is 14.4. The van der Waals surface area contributed by atoms with E-state index >= 15 is 0 Å². The normalized spacial score (nSPS) is 10.6. The smallest absolute Gasteiger partial charge is 0.338 e. The highest BCUT2D eigenvalue weighted by atomic mass is 35.5. The van der Waals surface area contributed by atoms with Crippen molar-refractivity contribution in [2.24, 2.45) is 0 Å². The Morgan fingerprint density at radius 3 is 2.73 bits per heavy atom. The summed E-state index contributed by atoms with van der Waals surface area (Å²) in [6, 6.07) is 15.6. The summed E-state index contributed by atoms with van der Waals surface area (Å²) in [4.78, 5) is 26.7. The number of aromatic amines is 1. The number of hydrogen-bond donors (Lipinski definition) is 1. The molecule has 1 aromatic heterocycles. The molecule has 1 heterocycles. The molecule has 0 atom stereocenters. The highest BCUT2D eigenvalue weighted by Crippen LogP contribution is 2.13. The molecular weight excluding hydrogens is 302 g/mol. The summed E-state index contributed by atoms with van der Waals surface area (Å²) >= 11 is 5.83. The first-order valence-corrected chi connectivity index (χ1v) is 7.05. The Morgan fingerprint density at radius 2 is 1.91 bits per heavy atom. The predicted octanol–water partition coefficient (Wildman–Crippen LogP) is 3.54. The topological polar surface area (TPSA) is 59.2 Å². The zero-order valence-electron chi connectivity index (χ0n) is 11.5. The van der Waals surface area contributed by atoms with Crippen LogP contribution in [0.1, 0.15) is 15.9 Å². The average molecular weight is 314 g/mol. The zero-order chi connectivity index (χ0) is 15.5.